The number of carbonyl (C=O) groups is 2. The maximum Gasteiger partial charge on any atom is 0.336 e. The van der Waals surface area contributed by atoms with E-state index in [0.29, 0.717) is 17.4 Å². The van der Waals surface area contributed by atoms with Gasteiger partial charge in [-0.25, -0.2) is 4.79 Å². The molecule has 1 fully saturated rings. The Morgan fingerprint density at radius 1 is 1.15 bits per heavy atom. The molecule has 1 saturated heterocycles. The summed E-state index contributed by atoms with van der Waals surface area (Å²) in [5.74, 6) is 0.0866. The normalized spacial score (nSPS) is 16.4. The number of likely N-dealkylation sites (tertiary alicyclic amines) is 1. The van der Waals surface area contributed by atoms with Gasteiger partial charge >= 0.3 is 5.97 Å². The molecule has 1 N–H and O–H groups in total. The van der Waals surface area contributed by atoms with Gasteiger partial charge in [0, 0.05) is 13.1 Å². The average Bonchev–Trinajstić information content (AvgIpc) is 2.46. The van der Waals surface area contributed by atoms with Gasteiger partial charge in [-0.2, -0.15) is 0 Å². The molecule has 0 atom stereocenters. The van der Waals surface area contributed by atoms with Crippen molar-refractivity contribution >= 4 is 11.9 Å². The Bertz CT molecular complexity index is 502. The molecule has 0 saturated carbocycles. The molecule has 0 bridgehead atoms. The molecule has 1 aliphatic heterocycles. The molecule has 20 heavy (non-hydrogen) atoms. The molecule has 1 aromatic rings. The van der Waals surface area contributed by atoms with E-state index in [1.165, 1.54) is 6.07 Å². The molecule has 4 nitrogen and oxygen atoms in total. The Labute approximate surface area is 119 Å². The molecule has 1 heterocycles. The lowest BCUT2D eigenvalue weighted by Gasteiger charge is -2.34. The third-order valence-corrected chi connectivity index (χ3v) is 4.16. The maximum atomic E-state index is 12.5. The number of rotatable bonds is 3. The Hall–Kier alpha value is -1.84. The van der Waals surface area contributed by atoms with Gasteiger partial charge in [0.05, 0.1) is 11.1 Å². The number of carboxylic acid groups (broad SMARTS) is 1. The van der Waals surface area contributed by atoms with Gasteiger partial charge in [0.15, 0.2) is 0 Å². The zero-order chi connectivity index (χ0) is 14.7. The standard InChI is InChI=1S/C16H21NO3/c1-11(2)12-7-9-17(10-8-12)15(18)13-5-3-4-6-14(13)16(19)20/h3-6,11-12H,7-10H2,1-2H3,(H,19,20). The minimum Gasteiger partial charge on any atom is -0.478 e. The highest BCUT2D eigenvalue weighted by molar-refractivity contribution is 6.04. The van der Waals surface area contributed by atoms with Crippen LogP contribution in [-0.4, -0.2) is 35.0 Å². The molecule has 0 spiro atoms. The number of carbonyl (C=O) groups excluding carboxylic acids is 1. The van der Waals surface area contributed by atoms with Gasteiger partial charge in [0.2, 0.25) is 0 Å². The third kappa shape index (κ3) is 3.00. The summed E-state index contributed by atoms with van der Waals surface area (Å²) in [5, 5.41) is 9.16. The van der Waals surface area contributed by atoms with E-state index in [1.807, 2.05) is 0 Å². The molecule has 1 aromatic carbocycles. The van der Waals surface area contributed by atoms with Crippen molar-refractivity contribution in [3.63, 3.8) is 0 Å². The first kappa shape index (κ1) is 14.6. The second kappa shape index (κ2) is 6.07. The van der Waals surface area contributed by atoms with Crippen LogP contribution in [0.5, 0.6) is 0 Å². The lowest BCUT2D eigenvalue weighted by Crippen LogP contribution is -2.40. The second-order valence-corrected chi connectivity index (χ2v) is 5.72. The van der Waals surface area contributed by atoms with Gasteiger partial charge in [0.25, 0.3) is 5.91 Å². The highest BCUT2D eigenvalue weighted by Gasteiger charge is 2.27. The highest BCUT2D eigenvalue weighted by atomic mass is 16.4. The molecular formula is C16H21NO3. The fourth-order valence-corrected chi connectivity index (χ4v) is 2.80. The van der Waals surface area contributed by atoms with Gasteiger partial charge in [-0.3, -0.25) is 4.79 Å². The van der Waals surface area contributed by atoms with Crippen molar-refractivity contribution < 1.29 is 14.7 Å². The van der Waals surface area contributed by atoms with E-state index in [2.05, 4.69) is 13.8 Å². The number of hydrogen-bond donors (Lipinski definition) is 1. The van der Waals surface area contributed by atoms with Crippen LogP contribution >= 0.6 is 0 Å². The number of carboxylic acids is 1. The smallest absolute Gasteiger partial charge is 0.336 e. The SMILES string of the molecule is CC(C)C1CCN(C(=O)c2ccccc2C(=O)O)CC1. The molecule has 0 unspecified atom stereocenters. The van der Waals surface area contributed by atoms with Crippen LogP contribution in [0.4, 0.5) is 0 Å². The second-order valence-electron chi connectivity index (χ2n) is 5.72. The summed E-state index contributed by atoms with van der Waals surface area (Å²) in [5.41, 5.74) is 0.381. The third-order valence-electron chi connectivity index (χ3n) is 4.16. The van der Waals surface area contributed by atoms with Crippen LogP contribution in [0, 0.1) is 11.8 Å². The summed E-state index contributed by atoms with van der Waals surface area (Å²) in [6, 6.07) is 6.43. The molecule has 2 rings (SSSR count). The van der Waals surface area contributed by atoms with E-state index in [1.54, 1.807) is 23.1 Å². The van der Waals surface area contributed by atoms with E-state index < -0.39 is 5.97 Å². The fourth-order valence-electron chi connectivity index (χ4n) is 2.80. The van der Waals surface area contributed by atoms with E-state index in [0.717, 1.165) is 25.9 Å². The number of nitrogens with zero attached hydrogens (tertiary/aromatic N) is 1. The monoisotopic (exact) mass is 275 g/mol. The van der Waals surface area contributed by atoms with E-state index >= 15 is 0 Å². The highest BCUT2D eigenvalue weighted by Crippen LogP contribution is 2.25. The molecule has 0 radical (unpaired) electrons. The largest absolute Gasteiger partial charge is 0.478 e. The Balaban J connectivity index is 2.12. The lowest BCUT2D eigenvalue weighted by atomic mass is 9.86. The molecule has 4 heteroatoms. The Morgan fingerprint density at radius 3 is 2.20 bits per heavy atom. The molecular weight excluding hydrogens is 254 g/mol. The van der Waals surface area contributed by atoms with Crippen molar-refractivity contribution in [1.29, 1.82) is 0 Å². The van der Waals surface area contributed by atoms with Gasteiger partial charge in [-0.15, -0.1) is 0 Å². The predicted octanol–water partition coefficient (Wildman–Crippen LogP) is 2.89. The first-order valence-corrected chi connectivity index (χ1v) is 7.12. The summed E-state index contributed by atoms with van der Waals surface area (Å²) < 4.78 is 0. The van der Waals surface area contributed by atoms with Crippen molar-refractivity contribution in [2.45, 2.75) is 26.7 Å². The molecule has 1 amide bonds. The summed E-state index contributed by atoms with van der Waals surface area (Å²) in [7, 11) is 0. The zero-order valence-corrected chi connectivity index (χ0v) is 12.0. The molecule has 108 valence electrons. The van der Waals surface area contributed by atoms with Crippen molar-refractivity contribution in [1.82, 2.24) is 4.90 Å². The first-order chi connectivity index (χ1) is 9.50. The van der Waals surface area contributed by atoms with E-state index in [4.69, 9.17) is 5.11 Å². The topological polar surface area (TPSA) is 57.6 Å². The van der Waals surface area contributed by atoms with Crippen LogP contribution in [0.15, 0.2) is 24.3 Å². The summed E-state index contributed by atoms with van der Waals surface area (Å²) >= 11 is 0. The average molecular weight is 275 g/mol. The van der Waals surface area contributed by atoms with Crippen LogP contribution in [0.3, 0.4) is 0 Å². The zero-order valence-electron chi connectivity index (χ0n) is 12.0. The molecule has 0 aromatic heterocycles. The van der Waals surface area contributed by atoms with Crippen LogP contribution in [0.25, 0.3) is 0 Å². The number of hydrogen-bond acceptors (Lipinski definition) is 2. The van der Waals surface area contributed by atoms with Gasteiger partial charge in [-0.1, -0.05) is 26.0 Å². The maximum absolute atomic E-state index is 12.5. The van der Waals surface area contributed by atoms with Crippen LogP contribution < -0.4 is 0 Å². The van der Waals surface area contributed by atoms with Gasteiger partial charge < -0.3 is 10.0 Å². The summed E-state index contributed by atoms with van der Waals surface area (Å²) in [4.78, 5) is 25.4. The molecule has 0 aliphatic carbocycles. The predicted molar refractivity (Wildman–Crippen MR) is 76.9 cm³/mol. The number of benzene rings is 1. The number of piperidine rings is 1. The van der Waals surface area contributed by atoms with Crippen molar-refractivity contribution in [2.24, 2.45) is 11.8 Å². The van der Waals surface area contributed by atoms with E-state index in [9.17, 15) is 9.59 Å². The van der Waals surface area contributed by atoms with Gasteiger partial charge in [-0.05, 0) is 36.8 Å². The molecule has 1 aliphatic rings. The van der Waals surface area contributed by atoms with Gasteiger partial charge in [0.1, 0.15) is 0 Å². The summed E-state index contributed by atoms with van der Waals surface area (Å²) in [6.07, 6.45) is 2.00. The Morgan fingerprint density at radius 2 is 1.70 bits per heavy atom. The Kier molecular flexibility index (Phi) is 4.42. The minimum absolute atomic E-state index is 0.0866. The quantitative estimate of drug-likeness (QED) is 0.922. The van der Waals surface area contributed by atoms with Crippen LogP contribution in [-0.2, 0) is 0 Å². The first-order valence-electron chi connectivity index (χ1n) is 7.12. The minimum atomic E-state index is -1.05. The van der Waals surface area contributed by atoms with Crippen molar-refractivity contribution in [3.8, 4) is 0 Å². The van der Waals surface area contributed by atoms with E-state index in [-0.39, 0.29) is 11.5 Å². The number of aromatic carboxylic acids is 1. The fraction of sp³-hybridized carbons (Fsp3) is 0.500. The lowest BCUT2D eigenvalue weighted by molar-refractivity contribution is 0.0638. The van der Waals surface area contributed by atoms with Crippen LogP contribution in [0.2, 0.25) is 0 Å². The van der Waals surface area contributed by atoms with Crippen molar-refractivity contribution in [3.05, 3.63) is 35.4 Å². The number of amides is 1. The summed E-state index contributed by atoms with van der Waals surface area (Å²) in [6.45, 7) is 5.86. The van der Waals surface area contributed by atoms with Crippen molar-refractivity contribution in [2.75, 3.05) is 13.1 Å². The van der Waals surface area contributed by atoms with Crippen LogP contribution in [0.1, 0.15) is 47.4 Å².